The molecule has 8 nitrogen and oxygen atoms in total. The van der Waals surface area contributed by atoms with Gasteiger partial charge in [0.05, 0.1) is 53.9 Å². The second-order valence-corrected chi connectivity index (χ2v) is 36.3. The van der Waals surface area contributed by atoms with Crippen molar-refractivity contribution in [3.8, 4) is 0 Å². The molecule has 2 aliphatic rings. The van der Waals surface area contributed by atoms with E-state index < -0.39 is 52.9 Å². The van der Waals surface area contributed by atoms with Crippen LogP contribution in [0.1, 0.15) is 101 Å². The van der Waals surface area contributed by atoms with Crippen LogP contribution in [-0.2, 0) is 37.3 Å². The van der Waals surface area contributed by atoms with Crippen LogP contribution in [0.3, 0.4) is 0 Å². The Balaban J connectivity index is 1.92. The second-order valence-electron chi connectivity index (χ2n) is 19.9. The van der Waals surface area contributed by atoms with Crippen molar-refractivity contribution < 1.29 is 35.9 Å². The summed E-state index contributed by atoms with van der Waals surface area (Å²) in [7, 11) is -7.92. The van der Waals surface area contributed by atoms with Gasteiger partial charge in [0.1, 0.15) is 0 Å². The zero-order valence-corrected chi connectivity index (χ0v) is 42.0. The molecule has 1 aromatic rings. The molecule has 0 spiro atoms. The minimum Gasteiger partial charge on any atom is -0.417 e. The Labute approximate surface area is 346 Å². The van der Waals surface area contributed by atoms with Crippen LogP contribution in [0, 0.1) is 11.8 Å². The highest BCUT2D eigenvalue weighted by molar-refractivity contribution is 7.91. The van der Waals surface area contributed by atoms with Crippen molar-refractivity contribution in [2.24, 2.45) is 11.8 Å². The van der Waals surface area contributed by atoms with Gasteiger partial charge in [-0.25, -0.2) is 8.42 Å². The van der Waals surface area contributed by atoms with Crippen LogP contribution >= 0.6 is 0 Å². The van der Waals surface area contributed by atoms with E-state index in [1.165, 1.54) is 0 Å². The smallest absolute Gasteiger partial charge is 0.192 e. The van der Waals surface area contributed by atoms with Crippen LogP contribution in [-0.4, -0.2) is 96.1 Å². The average molecular weight is 855 g/mol. The first-order valence-corrected chi connectivity index (χ1v) is 31.6. The molecule has 2 unspecified atom stereocenters. The van der Waals surface area contributed by atoms with Crippen molar-refractivity contribution in [1.29, 1.82) is 0 Å². The Morgan fingerprint density at radius 1 is 0.875 bits per heavy atom. The minimum absolute atomic E-state index is 0.000640. The summed E-state index contributed by atoms with van der Waals surface area (Å²) in [5, 5.41) is 0.0477. The van der Waals surface area contributed by atoms with Gasteiger partial charge in [0.2, 0.25) is 0 Å². The van der Waals surface area contributed by atoms with Crippen LogP contribution in [0.25, 0.3) is 0 Å². The van der Waals surface area contributed by atoms with Gasteiger partial charge in [-0.05, 0) is 97.3 Å². The number of hydrogen-bond acceptors (Lipinski definition) is 8. The van der Waals surface area contributed by atoms with Crippen LogP contribution in [0.4, 0.5) is 0 Å². The highest BCUT2D eigenvalue weighted by Gasteiger charge is 2.50. The highest BCUT2D eigenvalue weighted by Crippen LogP contribution is 2.43. The second kappa shape index (κ2) is 20.3. The van der Waals surface area contributed by atoms with Crippen molar-refractivity contribution in [3.63, 3.8) is 0 Å². The highest BCUT2D eigenvalue weighted by atomic mass is 32.2. The Hall–Kier alpha value is -0.679. The standard InChI is InChI=1S/C44H82O8SSi3/c1-17-56(18-2,19-3)48-27-23-24-35-28-33(4)34(5)39(50-35)30-40-38(32-53(45,46)37-25-21-20-22-26-37)42(47-12)41(51-40)29-36(52-55(15,16)44(9,10)11)31-49-54(13,14)43(6,7)8/h20-22,25-26,33,35-36,38-42H,5,17-19,23-24,27-32H2,1-4,6-16H3/t33-,35+,36?,38?,39-,40+,41-,42-/m1/s1. The molecule has 2 fully saturated rings. The van der Waals surface area contributed by atoms with Gasteiger partial charge >= 0.3 is 0 Å². The summed E-state index contributed by atoms with van der Waals surface area (Å²) >= 11 is 0. The summed E-state index contributed by atoms with van der Waals surface area (Å²) in [6.07, 6.45) is 2.22. The largest absolute Gasteiger partial charge is 0.417 e. The van der Waals surface area contributed by atoms with E-state index in [-0.39, 0.29) is 46.2 Å². The fourth-order valence-corrected chi connectivity index (χ4v) is 14.6. The van der Waals surface area contributed by atoms with Gasteiger partial charge in [-0.15, -0.1) is 0 Å². The maximum Gasteiger partial charge on any atom is 0.192 e. The Kier molecular flexibility index (Phi) is 18.0. The monoisotopic (exact) mass is 855 g/mol. The van der Waals surface area contributed by atoms with E-state index in [4.69, 9.17) is 27.5 Å². The first-order chi connectivity index (χ1) is 25.9. The molecule has 3 rings (SSSR count). The van der Waals surface area contributed by atoms with E-state index in [0.29, 0.717) is 24.3 Å². The summed E-state index contributed by atoms with van der Waals surface area (Å²) in [5.74, 6) is -0.217. The van der Waals surface area contributed by atoms with Gasteiger partial charge in [-0.1, -0.05) is 94.0 Å². The number of methoxy groups -OCH3 is 1. The van der Waals surface area contributed by atoms with Gasteiger partial charge in [0.15, 0.2) is 34.8 Å². The average Bonchev–Trinajstić information content (AvgIpc) is 3.42. The first kappa shape index (κ1) is 49.7. The molecule has 0 aromatic heterocycles. The summed E-state index contributed by atoms with van der Waals surface area (Å²) in [4.78, 5) is 0.314. The van der Waals surface area contributed by atoms with Gasteiger partial charge in [-0.3, -0.25) is 0 Å². The van der Waals surface area contributed by atoms with Gasteiger partial charge in [-0.2, -0.15) is 0 Å². The van der Waals surface area contributed by atoms with E-state index in [9.17, 15) is 8.42 Å². The molecule has 0 radical (unpaired) electrons. The molecule has 0 amide bonds. The van der Waals surface area contributed by atoms with E-state index in [1.54, 1.807) is 31.4 Å². The van der Waals surface area contributed by atoms with Crippen molar-refractivity contribution in [2.75, 3.05) is 26.1 Å². The van der Waals surface area contributed by atoms with Gasteiger partial charge < -0.3 is 27.5 Å². The maximum atomic E-state index is 14.1. The van der Waals surface area contributed by atoms with Crippen LogP contribution < -0.4 is 0 Å². The zero-order chi connectivity index (χ0) is 42.3. The fraction of sp³-hybridized carbons (Fsp3) is 0.818. The minimum atomic E-state index is -3.65. The van der Waals surface area contributed by atoms with Gasteiger partial charge in [0, 0.05) is 32.5 Å². The Bertz CT molecular complexity index is 1460. The number of sulfone groups is 1. The molecule has 2 aliphatic heterocycles. The number of hydrogen-bond donors (Lipinski definition) is 0. The fourth-order valence-electron chi connectivity index (χ4n) is 7.83. The van der Waals surface area contributed by atoms with Crippen molar-refractivity contribution in [3.05, 3.63) is 42.5 Å². The van der Waals surface area contributed by atoms with Crippen LogP contribution in [0.15, 0.2) is 47.4 Å². The molecule has 8 atom stereocenters. The van der Waals surface area contributed by atoms with Gasteiger partial charge in [0.25, 0.3) is 0 Å². The van der Waals surface area contributed by atoms with Crippen LogP contribution in [0.2, 0.25) is 54.4 Å². The van der Waals surface area contributed by atoms with E-state index in [2.05, 4.69) is 102 Å². The number of ether oxygens (including phenoxy) is 3. The lowest BCUT2D eigenvalue weighted by molar-refractivity contribution is -0.0759. The summed E-state index contributed by atoms with van der Waals surface area (Å²) < 4.78 is 68.9. The molecular weight excluding hydrogens is 773 g/mol. The lowest BCUT2D eigenvalue weighted by Crippen LogP contribution is -2.49. The third-order valence-corrected chi connectivity index (χ3v) is 29.6. The summed E-state index contributed by atoms with van der Waals surface area (Å²) in [5.41, 5.74) is 1.06. The first-order valence-electron chi connectivity index (χ1n) is 21.6. The van der Waals surface area contributed by atoms with Crippen molar-refractivity contribution in [2.45, 2.75) is 197 Å². The Morgan fingerprint density at radius 3 is 2.00 bits per heavy atom. The molecular formula is C44H82O8SSi3. The predicted octanol–water partition coefficient (Wildman–Crippen LogP) is 11.2. The molecule has 2 heterocycles. The molecule has 56 heavy (non-hydrogen) atoms. The third-order valence-electron chi connectivity index (χ3n) is 14.1. The van der Waals surface area contributed by atoms with Crippen molar-refractivity contribution >= 4 is 34.8 Å². The zero-order valence-electron chi connectivity index (χ0n) is 38.2. The lowest BCUT2D eigenvalue weighted by atomic mass is 9.83. The number of benzene rings is 1. The molecule has 1 aromatic carbocycles. The summed E-state index contributed by atoms with van der Waals surface area (Å²) in [6, 6.07) is 12.2. The molecule has 0 aliphatic carbocycles. The summed E-state index contributed by atoms with van der Waals surface area (Å²) in [6.45, 7) is 37.4. The van der Waals surface area contributed by atoms with E-state index >= 15 is 0 Å². The molecule has 324 valence electrons. The third kappa shape index (κ3) is 12.9. The normalized spacial score (nSPS) is 26.5. The molecule has 0 bridgehead atoms. The quantitative estimate of drug-likeness (QED) is 0.0686. The molecule has 0 N–H and O–H groups in total. The van der Waals surface area contributed by atoms with E-state index in [0.717, 1.165) is 49.6 Å². The van der Waals surface area contributed by atoms with E-state index in [1.807, 2.05) is 6.07 Å². The lowest BCUT2D eigenvalue weighted by Gasteiger charge is -2.42. The SMILES string of the molecule is C=C1[C@H](C)C[C@H](CCCO[Si](CC)(CC)CC)O[C@@H]1C[C@@H]1O[C@H](CC(CO[Si](C)(C)C(C)(C)C)O[Si](C)(C)C(C)(C)C)[C@H](OC)C1CS(=O)(=O)c1ccccc1. The maximum absolute atomic E-state index is 14.1. The number of rotatable bonds is 21. The molecule has 12 heteroatoms. The van der Waals surface area contributed by atoms with Crippen molar-refractivity contribution in [1.82, 2.24) is 0 Å². The van der Waals surface area contributed by atoms with Crippen LogP contribution in [0.5, 0.6) is 0 Å². The topological polar surface area (TPSA) is 89.5 Å². The predicted molar refractivity (Wildman–Crippen MR) is 240 cm³/mol. The Morgan fingerprint density at radius 2 is 1.46 bits per heavy atom. The molecule has 2 saturated heterocycles. The molecule has 0 saturated carbocycles.